The maximum Gasteiger partial charge on any atom is 0.241 e. The molecule has 0 aromatic heterocycles. The van der Waals surface area contributed by atoms with Gasteiger partial charge in [0.25, 0.3) is 0 Å². The zero-order chi connectivity index (χ0) is 18.3. The molecule has 1 unspecified atom stereocenters. The zero-order valence-electron chi connectivity index (χ0n) is 14.6. The van der Waals surface area contributed by atoms with Crippen molar-refractivity contribution in [2.24, 2.45) is 0 Å². The van der Waals surface area contributed by atoms with E-state index in [1.807, 2.05) is 30.3 Å². The molecule has 1 N–H and O–H groups in total. The summed E-state index contributed by atoms with van der Waals surface area (Å²) in [5.41, 5.74) is 1.03. The van der Waals surface area contributed by atoms with E-state index in [1.165, 1.54) is 26.4 Å². The second-order valence-corrected chi connectivity index (χ2v) is 7.19. The van der Waals surface area contributed by atoms with E-state index < -0.39 is 10.0 Å². The Morgan fingerprint density at radius 3 is 2.24 bits per heavy atom. The molecule has 0 saturated carbocycles. The van der Waals surface area contributed by atoms with Gasteiger partial charge in [0, 0.05) is 19.2 Å². The van der Waals surface area contributed by atoms with Gasteiger partial charge < -0.3 is 14.2 Å². The molecule has 2 aromatic rings. The fraction of sp³-hybridized carbons (Fsp3) is 0.333. The minimum atomic E-state index is -3.72. The third-order valence-corrected chi connectivity index (χ3v) is 5.20. The van der Waals surface area contributed by atoms with Crippen molar-refractivity contribution in [1.29, 1.82) is 0 Å². The smallest absolute Gasteiger partial charge is 0.241 e. The number of ether oxygens (including phenoxy) is 3. The molecule has 25 heavy (non-hydrogen) atoms. The van der Waals surface area contributed by atoms with Gasteiger partial charge in [0.2, 0.25) is 10.0 Å². The van der Waals surface area contributed by atoms with Crippen LogP contribution in [-0.2, 0) is 21.2 Å². The van der Waals surface area contributed by atoms with Crippen LogP contribution in [0.2, 0.25) is 0 Å². The van der Waals surface area contributed by atoms with Crippen LogP contribution in [0.4, 0.5) is 0 Å². The van der Waals surface area contributed by atoms with Crippen molar-refractivity contribution in [2.75, 3.05) is 27.9 Å². The quantitative estimate of drug-likeness (QED) is 0.738. The summed E-state index contributed by atoms with van der Waals surface area (Å²) in [5, 5.41) is 0. The SMILES string of the molecule is COCC(Cc1ccccc1)NS(=O)(=O)c1ccc(OC)c(OC)c1. The Hall–Kier alpha value is -2.09. The molecule has 1 atom stereocenters. The van der Waals surface area contributed by atoms with Gasteiger partial charge in [-0.15, -0.1) is 0 Å². The Morgan fingerprint density at radius 2 is 1.64 bits per heavy atom. The average molecular weight is 365 g/mol. The van der Waals surface area contributed by atoms with Crippen LogP contribution in [0.25, 0.3) is 0 Å². The van der Waals surface area contributed by atoms with Gasteiger partial charge in [-0.1, -0.05) is 30.3 Å². The zero-order valence-corrected chi connectivity index (χ0v) is 15.4. The van der Waals surface area contributed by atoms with Crippen LogP contribution >= 0.6 is 0 Å². The van der Waals surface area contributed by atoms with Gasteiger partial charge in [-0.3, -0.25) is 0 Å². The van der Waals surface area contributed by atoms with Crippen LogP contribution in [0, 0.1) is 0 Å². The summed E-state index contributed by atoms with van der Waals surface area (Å²) >= 11 is 0. The summed E-state index contributed by atoms with van der Waals surface area (Å²) < 4.78 is 43.6. The predicted molar refractivity (Wildman–Crippen MR) is 95.7 cm³/mol. The normalized spacial score (nSPS) is 12.6. The fourth-order valence-corrected chi connectivity index (χ4v) is 3.74. The Labute approximate surface area is 148 Å². The molecule has 7 heteroatoms. The summed E-state index contributed by atoms with van der Waals surface area (Å²) in [4.78, 5) is 0.110. The van der Waals surface area contributed by atoms with Crippen LogP contribution in [0.5, 0.6) is 11.5 Å². The lowest BCUT2D eigenvalue weighted by molar-refractivity contribution is 0.174. The molecule has 0 saturated heterocycles. The highest BCUT2D eigenvalue weighted by Gasteiger charge is 2.22. The second-order valence-electron chi connectivity index (χ2n) is 5.48. The predicted octanol–water partition coefficient (Wildman–Crippen LogP) is 2.24. The Morgan fingerprint density at radius 1 is 0.960 bits per heavy atom. The standard InChI is InChI=1S/C18H23NO5S/c1-22-13-15(11-14-7-5-4-6-8-14)19-25(20,21)16-9-10-17(23-2)18(12-16)24-3/h4-10,12,15,19H,11,13H2,1-3H3. The topological polar surface area (TPSA) is 73.9 Å². The summed E-state index contributed by atoms with van der Waals surface area (Å²) in [6, 6.07) is 13.8. The van der Waals surface area contributed by atoms with Crippen molar-refractivity contribution < 1.29 is 22.6 Å². The number of hydrogen-bond donors (Lipinski definition) is 1. The van der Waals surface area contributed by atoms with E-state index in [1.54, 1.807) is 13.2 Å². The van der Waals surface area contributed by atoms with Crippen molar-refractivity contribution in [3.8, 4) is 11.5 Å². The van der Waals surface area contributed by atoms with Gasteiger partial charge in [0.1, 0.15) is 0 Å². The Kier molecular flexibility index (Phi) is 6.81. The first-order valence-corrected chi connectivity index (χ1v) is 9.25. The van der Waals surface area contributed by atoms with E-state index in [0.717, 1.165) is 5.56 Å². The third kappa shape index (κ3) is 5.19. The molecule has 0 aliphatic carbocycles. The van der Waals surface area contributed by atoms with Gasteiger partial charge in [-0.05, 0) is 24.1 Å². The van der Waals surface area contributed by atoms with Crippen LogP contribution in [0.3, 0.4) is 0 Å². The summed E-state index contributed by atoms with van der Waals surface area (Å²) in [7, 11) is 0.781. The van der Waals surface area contributed by atoms with E-state index in [2.05, 4.69) is 4.72 Å². The second kappa shape index (κ2) is 8.84. The Balaban J connectivity index is 2.22. The average Bonchev–Trinajstić information content (AvgIpc) is 2.61. The van der Waals surface area contributed by atoms with Crippen molar-refractivity contribution in [1.82, 2.24) is 4.72 Å². The van der Waals surface area contributed by atoms with E-state index in [9.17, 15) is 8.42 Å². The van der Waals surface area contributed by atoms with Crippen molar-refractivity contribution in [3.63, 3.8) is 0 Å². The molecule has 2 rings (SSSR count). The molecule has 0 aliphatic heterocycles. The van der Waals surface area contributed by atoms with Gasteiger partial charge in [-0.25, -0.2) is 13.1 Å². The maximum absolute atomic E-state index is 12.7. The largest absolute Gasteiger partial charge is 0.493 e. The van der Waals surface area contributed by atoms with Gasteiger partial charge in [-0.2, -0.15) is 0 Å². The van der Waals surface area contributed by atoms with Crippen LogP contribution < -0.4 is 14.2 Å². The lowest BCUT2D eigenvalue weighted by atomic mass is 10.1. The number of rotatable bonds is 9. The molecular weight excluding hydrogens is 342 g/mol. The summed E-state index contributed by atoms with van der Waals surface area (Å²) in [5.74, 6) is 0.830. The highest BCUT2D eigenvalue weighted by molar-refractivity contribution is 7.89. The molecule has 0 bridgehead atoms. The number of methoxy groups -OCH3 is 3. The van der Waals surface area contributed by atoms with Gasteiger partial charge in [0.15, 0.2) is 11.5 Å². The summed E-state index contributed by atoms with van der Waals surface area (Å²) in [6.45, 7) is 0.265. The van der Waals surface area contributed by atoms with Crippen molar-refractivity contribution >= 4 is 10.0 Å². The van der Waals surface area contributed by atoms with Crippen LogP contribution in [0.15, 0.2) is 53.4 Å². The monoisotopic (exact) mass is 365 g/mol. The van der Waals surface area contributed by atoms with Crippen molar-refractivity contribution in [2.45, 2.75) is 17.4 Å². The van der Waals surface area contributed by atoms with Gasteiger partial charge >= 0.3 is 0 Å². The first kappa shape index (κ1) is 19.2. The van der Waals surface area contributed by atoms with E-state index in [4.69, 9.17) is 14.2 Å². The lowest BCUT2D eigenvalue weighted by Crippen LogP contribution is -2.39. The highest BCUT2D eigenvalue weighted by Crippen LogP contribution is 2.29. The molecule has 0 amide bonds. The fourth-order valence-electron chi connectivity index (χ4n) is 2.51. The molecule has 6 nitrogen and oxygen atoms in total. The minimum absolute atomic E-state index is 0.110. The molecule has 0 fully saturated rings. The van der Waals surface area contributed by atoms with E-state index in [0.29, 0.717) is 17.9 Å². The molecule has 0 heterocycles. The number of benzene rings is 2. The highest BCUT2D eigenvalue weighted by atomic mass is 32.2. The van der Waals surface area contributed by atoms with E-state index in [-0.39, 0.29) is 17.5 Å². The number of sulfonamides is 1. The lowest BCUT2D eigenvalue weighted by Gasteiger charge is -2.19. The number of nitrogens with one attached hydrogen (secondary N) is 1. The van der Waals surface area contributed by atoms with Crippen LogP contribution in [0.1, 0.15) is 5.56 Å². The van der Waals surface area contributed by atoms with E-state index >= 15 is 0 Å². The minimum Gasteiger partial charge on any atom is -0.493 e. The first-order chi connectivity index (χ1) is 12.0. The first-order valence-electron chi connectivity index (χ1n) is 7.77. The van der Waals surface area contributed by atoms with Gasteiger partial charge in [0.05, 0.1) is 25.7 Å². The molecule has 136 valence electrons. The third-order valence-electron chi connectivity index (χ3n) is 3.68. The molecule has 0 aliphatic rings. The molecule has 0 radical (unpaired) electrons. The van der Waals surface area contributed by atoms with Crippen molar-refractivity contribution in [3.05, 3.63) is 54.1 Å². The maximum atomic E-state index is 12.7. The number of hydrogen-bond acceptors (Lipinski definition) is 5. The van der Waals surface area contributed by atoms with Crippen LogP contribution in [-0.4, -0.2) is 42.4 Å². The Bertz CT molecular complexity index is 777. The molecule has 0 spiro atoms. The molecule has 2 aromatic carbocycles. The summed E-state index contributed by atoms with van der Waals surface area (Å²) in [6.07, 6.45) is 0.529. The molecular formula is C18H23NO5S.